The first kappa shape index (κ1) is 15.4. The predicted molar refractivity (Wildman–Crippen MR) is 84.0 cm³/mol. The number of rotatable bonds is 4. The van der Waals surface area contributed by atoms with Gasteiger partial charge in [0, 0.05) is 11.3 Å². The molecule has 1 aliphatic carbocycles. The van der Waals surface area contributed by atoms with Gasteiger partial charge in [-0.25, -0.2) is 4.98 Å². The van der Waals surface area contributed by atoms with Crippen molar-refractivity contribution in [1.29, 1.82) is 0 Å². The highest BCUT2D eigenvalue weighted by molar-refractivity contribution is 7.15. The lowest BCUT2D eigenvalue weighted by Gasteiger charge is -2.33. The van der Waals surface area contributed by atoms with Crippen molar-refractivity contribution in [1.82, 2.24) is 4.98 Å². The van der Waals surface area contributed by atoms with Gasteiger partial charge in [0.2, 0.25) is 5.91 Å². The number of hydrogen-bond acceptors (Lipinski definition) is 4. The molecule has 1 aromatic rings. The average Bonchev–Trinajstić information content (AvgIpc) is 2.76. The van der Waals surface area contributed by atoms with Gasteiger partial charge in [0.05, 0.1) is 5.69 Å². The van der Waals surface area contributed by atoms with Gasteiger partial charge in [0.25, 0.3) is 0 Å². The Balaban J connectivity index is 2.00. The third-order valence-corrected chi connectivity index (χ3v) is 5.05. The molecule has 0 aromatic carbocycles. The second-order valence-electron chi connectivity index (χ2n) is 6.64. The van der Waals surface area contributed by atoms with E-state index in [1.54, 1.807) is 11.3 Å². The lowest BCUT2D eigenvalue weighted by molar-refractivity contribution is -0.116. The van der Waals surface area contributed by atoms with E-state index in [1.807, 2.05) is 0 Å². The zero-order valence-corrected chi connectivity index (χ0v) is 13.5. The number of thiazole rings is 1. The number of anilines is 1. The molecule has 0 spiro atoms. The number of aromatic nitrogens is 1. The van der Waals surface area contributed by atoms with Crippen LogP contribution in [0.2, 0.25) is 0 Å². The number of carbonyl (C=O) groups is 1. The van der Waals surface area contributed by atoms with Gasteiger partial charge in [-0.1, -0.05) is 20.8 Å². The Kier molecular flexibility index (Phi) is 4.81. The second-order valence-corrected chi connectivity index (χ2v) is 7.72. The van der Waals surface area contributed by atoms with Gasteiger partial charge in [0.1, 0.15) is 0 Å². The van der Waals surface area contributed by atoms with E-state index in [9.17, 15) is 4.79 Å². The minimum absolute atomic E-state index is 0.0221. The summed E-state index contributed by atoms with van der Waals surface area (Å²) in [7, 11) is 0. The van der Waals surface area contributed by atoms with Crippen LogP contribution in [0.15, 0.2) is 0 Å². The van der Waals surface area contributed by atoms with Crippen LogP contribution in [0.3, 0.4) is 0 Å². The number of aryl methyl sites for hydroxylation is 1. The number of carbonyl (C=O) groups excluding carboxylic acids is 1. The number of hydrogen-bond donors (Lipinski definition) is 2. The largest absolute Gasteiger partial charge is 0.330 e. The maximum absolute atomic E-state index is 11.7. The SMILES string of the molecule is CC(C)(C)C1CCc2nc(NC(=O)CCCN)sc2C1. The van der Waals surface area contributed by atoms with Gasteiger partial charge in [-0.05, 0) is 43.6 Å². The van der Waals surface area contributed by atoms with Crippen LogP contribution in [0.5, 0.6) is 0 Å². The number of amides is 1. The molecule has 3 N–H and O–H groups in total. The third-order valence-electron chi connectivity index (χ3n) is 4.02. The first-order chi connectivity index (χ1) is 9.40. The summed E-state index contributed by atoms with van der Waals surface area (Å²) in [6.45, 7) is 7.46. The maximum atomic E-state index is 11.7. The fraction of sp³-hybridized carbons (Fsp3) is 0.733. The molecule has 1 aliphatic rings. The molecule has 4 nitrogen and oxygen atoms in total. The van der Waals surface area contributed by atoms with Crippen molar-refractivity contribution in [3.05, 3.63) is 10.6 Å². The number of nitrogens with two attached hydrogens (primary N) is 1. The van der Waals surface area contributed by atoms with Gasteiger partial charge in [-0.2, -0.15) is 0 Å². The van der Waals surface area contributed by atoms with E-state index in [0.29, 0.717) is 24.3 Å². The molecule has 20 heavy (non-hydrogen) atoms. The van der Waals surface area contributed by atoms with Crippen LogP contribution >= 0.6 is 11.3 Å². The van der Waals surface area contributed by atoms with Gasteiger partial charge >= 0.3 is 0 Å². The summed E-state index contributed by atoms with van der Waals surface area (Å²) in [5.74, 6) is 0.727. The second kappa shape index (κ2) is 6.22. The van der Waals surface area contributed by atoms with Crippen molar-refractivity contribution in [2.75, 3.05) is 11.9 Å². The standard InChI is InChI=1S/C15H25N3OS/c1-15(2,3)10-6-7-11-12(9-10)20-14(17-11)18-13(19)5-4-8-16/h10H,4-9,16H2,1-3H3,(H,17,18,19). The molecule has 1 unspecified atom stereocenters. The van der Waals surface area contributed by atoms with Crippen LogP contribution in [0, 0.1) is 11.3 Å². The summed E-state index contributed by atoms with van der Waals surface area (Å²) in [4.78, 5) is 17.6. The highest BCUT2D eigenvalue weighted by Crippen LogP contribution is 2.40. The van der Waals surface area contributed by atoms with E-state index < -0.39 is 0 Å². The lowest BCUT2D eigenvalue weighted by atomic mass is 9.73. The van der Waals surface area contributed by atoms with Crippen LogP contribution in [-0.2, 0) is 17.6 Å². The highest BCUT2D eigenvalue weighted by Gasteiger charge is 2.30. The molecule has 0 radical (unpaired) electrons. The minimum Gasteiger partial charge on any atom is -0.330 e. The van der Waals surface area contributed by atoms with Crippen molar-refractivity contribution in [2.24, 2.45) is 17.1 Å². The number of fused-ring (bicyclic) bond motifs is 1. The number of nitrogens with one attached hydrogen (secondary N) is 1. The summed E-state index contributed by atoms with van der Waals surface area (Å²) in [6.07, 6.45) is 4.52. The molecule has 0 aliphatic heterocycles. The molecule has 1 heterocycles. The Hall–Kier alpha value is -0.940. The summed E-state index contributed by atoms with van der Waals surface area (Å²) in [5, 5.41) is 3.66. The minimum atomic E-state index is 0.0221. The van der Waals surface area contributed by atoms with Crippen LogP contribution in [0.1, 0.15) is 50.6 Å². The maximum Gasteiger partial charge on any atom is 0.226 e. The Morgan fingerprint density at radius 2 is 2.25 bits per heavy atom. The van der Waals surface area contributed by atoms with Crippen molar-refractivity contribution in [3.8, 4) is 0 Å². The quantitative estimate of drug-likeness (QED) is 0.897. The van der Waals surface area contributed by atoms with Crippen molar-refractivity contribution < 1.29 is 4.79 Å². The lowest BCUT2D eigenvalue weighted by Crippen LogP contribution is -2.26. The first-order valence-corrected chi connectivity index (χ1v) is 8.20. The fourth-order valence-corrected chi connectivity index (χ4v) is 3.72. The van der Waals surface area contributed by atoms with Gasteiger partial charge in [-0.15, -0.1) is 11.3 Å². The molecule has 1 aromatic heterocycles. The summed E-state index contributed by atoms with van der Waals surface area (Å²) in [6, 6.07) is 0. The molecule has 0 saturated carbocycles. The van der Waals surface area contributed by atoms with Crippen molar-refractivity contribution >= 4 is 22.4 Å². The van der Waals surface area contributed by atoms with Crippen LogP contribution in [0.25, 0.3) is 0 Å². The highest BCUT2D eigenvalue weighted by atomic mass is 32.1. The topological polar surface area (TPSA) is 68.0 Å². The van der Waals surface area contributed by atoms with Crippen LogP contribution in [0.4, 0.5) is 5.13 Å². The van der Waals surface area contributed by atoms with E-state index in [0.717, 1.165) is 24.4 Å². The average molecular weight is 295 g/mol. The first-order valence-electron chi connectivity index (χ1n) is 7.38. The summed E-state index contributed by atoms with van der Waals surface area (Å²) >= 11 is 1.64. The molecular weight excluding hydrogens is 270 g/mol. The summed E-state index contributed by atoms with van der Waals surface area (Å²) in [5.41, 5.74) is 6.94. The van der Waals surface area contributed by atoms with E-state index >= 15 is 0 Å². The molecule has 0 saturated heterocycles. The molecule has 0 fully saturated rings. The number of nitrogens with zero attached hydrogens (tertiary/aromatic N) is 1. The molecule has 5 heteroatoms. The van der Waals surface area contributed by atoms with Gasteiger partial charge in [-0.3, -0.25) is 4.79 Å². The Labute approximate surface area is 125 Å². The molecular formula is C15H25N3OS. The van der Waals surface area contributed by atoms with E-state index in [-0.39, 0.29) is 5.91 Å². The Morgan fingerprint density at radius 1 is 1.50 bits per heavy atom. The van der Waals surface area contributed by atoms with Crippen LogP contribution < -0.4 is 11.1 Å². The normalized spacial score (nSPS) is 18.7. The molecule has 1 amide bonds. The molecule has 112 valence electrons. The fourth-order valence-electron chi connectivity index (χ4n) is 2.61. The molecule has 2 rings (SSSR count). The Bertz CT molecular complexity index is 476. The monoisotopic (exact) mass is 295 g/mol. The predicted octanol–water partition coefficient (Wildman–Crippen LogP) is 2.97. The zero-order chi connectivity index (χ0) is 14.8. The van der Waals surface area contributed by atoms with E-state index in [2.05, 4.69) is 31.1 Å². The Morgan fingerprint density at radius 3 is 2.90 bits per heavy atom. The van der Waals surface area contributed by atoms with Crippen LogP contribution in [-0.4, -0.2) is 17.4 Å². The zero-order valence-electron chi connectivity index (χ0n) is 12.7. The van der Waals surface area contributed by atoms with E-state index in [1.165, 1.54) is 17.0 Å². The van der Waals surface area contributed by atoms with Crippen molar-refractivity contribution in [2.45, 2.75) is 52.9 Å². The molecule has 1 atom stereocenters. The van der Waals surface area contributed by atoms with Gasteiger partial charge < -0.3 is 11.1 Å². The van der Waals surface area contributed by atoms with Crippen molar-refractivity contribution in [3.63, 3.8) is 0 Å². The summed E-state index contributed by atoms with van der Waals surface area (Å²) < 4.78 is 0. The molecule has 0 bridgehead atoms. The van der Waals surface area contributed by atoms with E-state index in [4.69, 9.17) is 5.73 Å². The third kappa shape index (κ3) is 3.79. The smallest absolute Gasteiger partial charge is 0.226 e. The van der Waals surface area contributed by atoms with Gasteiger partial charge in [0.15, 0.2) is 5.13 Å².